The van der Waals surface area contributed by atoms with Gasteiger partial charge in [-0.15, -0.1) is 11.8 Å². The molecule has 0 aromatic heterocycles. The number of nitrogens with one attached hydrogen (secondary N) is 2. The first-order valence-corrected chi connectivity index (χ1v) is 11.0. The molecular formula is C23H27N3O3S. The van der Waals surface area contributed by atoms with Crippen LogP contribution in [0.2, 0.25) is 0 Å². The summed E-state index contributed by atoms with van der Waals surface area (Å²) in [6.07, 6.45) is 1.35. The minimum atomic E-state index is -0.216. The summed E-state index contributed by atoms with van der Waals surface area (Å²) in [5.74, 6) is -0.0684. The zero-order chi connectivity index (χ0) is 21.5. The molecule has 1 saturated heterocycles. The van der Waals surface area contributed by atoms with Gasteiger partial charge in [-0.05, 0) is 56.2 Å². The standard InChI is InChI=1S/C23H27N3O3S/c1-16(30-21-10-8-20(9-11-21)24-17(2)27)23(29)26-14-12-18(13-15-26)22(28)25-19-6-4-3-5-7-19/h3-11,16,18H,12-15H2,1-2H3,(H,24,27)(H,25,28). The number of thioether (sulfide) groups is 1. The normalized spacial score (nSPS) is 15.3. The van der Waals surface area contributed by atoms with Gasteiger partial charge in [-0.1, -0.05) is 18.2 Å². The van der Waals surface area contributed by atoms with Gasteiger partial charge in [0.1, 0.15) is 0 Å². The molecule has 0 radical (unpaired) electrons. The summed E-state index contributed by atoms with van der Waals surface area (Å²) in [6.45, 7) is 4.57. The van der Waals surface area contributed by atoms with Gasteiger partial charge in [-0.3, -0.25) is 14.4 Å². The third-order valence-corrected chi connectivity index (χ3v) is 6.15. The number of carbonyl (C=O) groups is 3. The Morgan fingerprint density at radius 1 is 0.933 bits per heavy atom. The number of hydrogen-bond acceptors (Lipinski definition) is 4. The molecule has 1 aliphatic heterocycles. The molecule has 7 heteroatoms. The Kier molecular flexibility index (Phi) is 7.52. The molecule has 2 aromatic carbocycles. The van der Waals surface area contributed by atoms with Gasteiger partial charge in [0.2, 0.25) is 17.7 Å². The lowest BCUT2D eigenvalue weighted by molar-refractivity contribution is -0.133. The number of carbonyl (C=O) groups excluding carboxylic acids is 3. The number of benzene rings is 2. The molecule has 30 heavy (non-hydrogen) atoms. The Morgan fingerprint density at radius 2 is 1.53 bits per heavy atom. The second-order valence-electron chi connectivity index (χ2n) is 7.42. The van der Waals surface area contributed by atoms with Crippen molar-refractivity contribution in [3.63, 3.8) is 0 Å². The lowest BCUT2D eigenvalue weighted by atomic mass is 9.95. The highest BCUT2D eigenvalue weighted by Gasteiger charge is 2.29. The van der Waals surface area contributed by atoms with Crippen molar-refractivity contribution in [1.82, 2.24) is 4.90 Å². The number of para-hydroxylation sites is 1. The summed E-state index contributed by atoms with van der Waals surface area (Å²) in [5.41, 5.74) is 1.54. The molecule has 3 amide bonds. The highest BCUT2D eigenvalue weighted by molar-refractivity contribution is 8.00. The number of amides is 3. The first kappa shape index (κ1) is 21.9. The monoisotopic (exact) mass is 425 g/mol. The van der Waals surface area contributed by atoms with Crippen molar-refractivity contribution in [2.45, 2.75) is 36.8 Å². The molecule has 1 fully saturated rings. The Bertz CT molecular complexity index is 878. The lowest BCUT2D eigenvalue weighted by Gasteiger charge is -2.33. The SMILES string of the molecule is CC(=O)Nc1ccc(SC(C)C(=O)N2CCC(C(=O)Nc3ccccc3)CC2)cc1. The van der Waals surface area contributed by atoms with Crippen LogP contribution in [0.4, 0.5) is 11.4 Å². The Morgan fingerprint density at radius 3 is 2.13 bits per heavy atom. The van der Waals surface area contributed by atoms with Crippen molar-refractivity contribution in [3.05, 3.63) is 54.6 Å². The zero-order valence-corrected chi connectivity index (χ0v) is 18.1. The van der Waals surface area contributed by atoms with Crippen molar-refractivity contribution < 1.29 is 14.4 Å². The van der Waals surface area contributed by atoms with Crippen LogP contribution in [-0.2, 0) is 14.4 Å². The van der Waals surface area contributed by atoms with E-state index < -0.39 is 0 Å². The van der Waals surface area contributed by atoms with E-state index in [-0.39, 0.29) is 28.9 Å². The average molecular weight is 426 g/mol. The predicted octanol–water partition coefficient (Wildman–Crippen LogP) is 4.00. The largest absolute Gasteiger partial charge is 0.342 e. The Labute approximate surface area is 181 Å². The molecule has 0 bridgehead atoms. The lowest BCUT2D eigenvalue weighted by Crippen LogP contribution is -2.44. The molecule has 158 valence electrons. The molecule has 1 unspecified atom stereocenters. The molecule has 1 aliphatic rings. The van der Waals surface area contributed by atoms with Crippen LogP contribution in [0.25, 0.3) is 0 Å². The van der Waals surface area contributed by atoms with Crippen molar-refractivity contribution in [3.8, 4) is 0 Å². The fraction of sp³-hybridized carbons (Fsp3) is 0.348. The first-order chi connectivity index (χ1) is 14.4. The summed E-state index contributed by atoms with van der Waals surface area (Å²) >= 11 is 1.50. The van der Waals surface area contributed by atoms with Crippen LogP contribution in [0.3, 0.4) is 0 Å². The Hall–Kier alpha value is -2.80. The van der Waals surface area contributed by atoms with E-state index >= 15 is 0 Å². The Balaban J connectivity index is 1.47. The maximum absolute atomic E-state index is 12.8. The molecule has 2 N–H and O–H groups in total. The van der Waals surface area contributed by atoms with Gasteiger partial charge in [0.05, 0.1) is 5.25 Å². The molecule has 6 nitrogen and oxygen atoms in total. The van der Waals surface area contributed by atoms with E-state index in [1.165, 1.54) is 18.7 Å². The van der Waals surface area contributed by atoms with Crippen LogP contribution < -0.4 is 10.6 Å². The second kappa shape index (κ2) is 10.3. The number of anilines is 2. The molecule has 3 rings (SSSR count). The summed E-state index contributed by atoms with van der Waals surface area (Å²) in [4.78, 5) is 39.2. The van der Waals surface area contributed by atoms with E-state index in [9.17, 15) is 14.4 Å². The molecule has 2 aromatic rings. The topological polar surface area (TPSA) is 78.5 Å². The van der Waals surface area contributed by atoms with E-state index in [4.69, 9.17) is 0 Å². The maximum atomic E-state index is 12.8. The van der Waals surface area contributed by atoms with Crippen LogP contribution in [0, 0.1) is 5.92 Å². The average Bonchev–Trinajstić information content (AvgIpc) is 2.75. The quantitative estimate of drug-likeness (QED) is 0.686. The molecule has 0 saturated carbocycles. The number of piperidine rings is 1. The van der Waals surface area contributed by atoms with Gasteiger partial charge in [0.15, 0.2) is 0 Å². The van der Waals surface area contributed by atoms with Gasteiger partial charge in [-0.2, -0.15) is 0 Å². The highest BCUT2D eigenvalue weighted by Crippen LogP contribution is 2.28. The van der Waals surface area contributed by atoms with Crippen LogP contribution in [-0.4, -0.2) is 41.0 Å². The van der Waals surface area contributed by atoms with Crippen molar-refractivity contribution in [1.29, 1.82) is 0 Å². The minimum Gasteiger partial charge on any atom is -0.342 e. The maximum Gasteiger partial charge on any atom is 0.235 e. The van der Waals surface area contributed by atoms with Gasteiger partial charge in [0, 0.05) is 42.2 Å². The molecule has 1 heterocycles. The molecular weight excluding hydrogens is 398 g/mol. The summed E-state index contributed by atoms with van der Waals surface area (Å²) in [7, 11) is 0. The third-order valence-electron chi connectivity index (χ3n) is 5.05. The third kappa shape index (κ3) is 6.10. The highest BCUT2D eigenvalue weighted by atomic mass is 32.2. The van der Waals surface area contributed by atoms with Crippen molar-refractivity contribution in [2.75, 3.05) is 23.7 Å². The van der Waals surface area contributed by atoms with Gasteiger partial charge < -0.3 is 15.5 Å². The zero-order valence-electron chi connectivity index (χ0n) is 17.3. The number of likely N-dealkylation sites (tertiary alicyclic amines) is 1. The molecule has 1 atom stereocenters. The van der Waals surface area contributed by atoms with E-state index in [0.717, 1.165) is 16.3 Å². The number of rotatable bonds is 6. The smallest absolute Gasteiger partial charge is 0.235 e. The van der Waals surface area contributed by atoms with E-state index in [2.05, 4.69) is 10.6 Å². The first-order valence-electron chi connectivity index (χ1n) is 10.1. The molecule has 0 spiro atoms. The van der Waals surface area contributed by atoms with Gasteiger partial charge in [0.25, 0.3) is 0 Å². The minimum absolute atomic E-state index is 0.0231. The van der Waals surface area contributed by atoms with Crippen molar-refractivity contribution >= 4 is 40.9 Å². The molecule has 0 aliphatic carbocycles. The fourth-order valence-electron chi connectivity index (χ4n) is 3.46. The van der Waals surface area contributed by atoms with E-state index in [0.29, 0.717) is 25.9 Å². The fourth-order valence-corrected chi connectivity index (χ4v) is 4.41. The van der Waals surface area contributed by atoms with Gasteiger partial charge in [-0.25, -0.2) is 0 Å². The second-order valence-corrected chi connectivity index (χ2v) is 8.83. The van der Waals surface area contributed by atoms with Crippen LogP contribution >= 0.6 is 11.8 Å². The summed E-state index contributed by atoms with van der Waals surface area (Å²) in [6, 6.07) is 16.9. The van der Waals surface area contributed by atoms with Crippen LogP contribution in [0.5, 0.6) is 0 Å². The van der Waals surface area contributed by atoms with Gasteiger partial charge >= 0.3 is 0 Å². The van der Waals surface area contributed by atoms with Crippen LogP contribution in [0.15, 0.2) is 59.5 Å². The summed E-state index contributed by atoms with van der Waals surface area (Å²) in [5, 5.41) is 5.47. The summed E-state index contributed by atoms with van der Waals surface area (Å²) < 4.78 is 0. The predicted molar refractivity (Wildman–Crippen MR) is 120 cm³/mol. The van der Waals surface area contributed by atoms with E-state index in [1.54, 1.807) is 0 Å². The number of hydrogen-bond donors (Lipinski definition) is 2. The number of nitrogens with zero attached hydrogens (tertiary/aromatic N) is 1. The van der Waals surface area contributed by atoms with E-state index in [1.807, 2.05) is 66.4 Å². The van der Waals surface area contributed by atoms with Crippen molar-refractivity contribution in [2.24, 2.45) is 5.92 Å². The van der Waals surface area contributed by atoms with Crippen LogP contribution in [0.1, 0.15) is 26.7 Å².